The number of nitrogens with one attached hydrogen (secondary N) is 1. The molecule has 0 aliphatic heterocycles. The average molecular weight is 528 g/mol. The quantitative estimate of drug-likeness (QED) is 0.0978. The molecule has 1 unspecified atom stereocenters. The molecule has 2 N–H and O–H groups in total. The summed E-state index contributed by atoms with van der Waals surface area (Å²) in [5.74, 6) is -2.41. The number of pyridine rings is 2. The Kier molecular flexibility index (Phi) is 13.0. The van der Waals surface area contributed by atoms with E-state index in [9.17, 15) is 19.5 Å². The molecule has 2 aromatic rings. The van der Waals surface area contributed by atoms with Crippen LogP contribution in [0.25, 0.3) is 0 Å². The maximum absolute atomic E-state index is 11.8. The molecule has 2 aromatic heterocycles. The van der Waals surface area contributed by atoms with Crippen LogP contribution in [-0.4, -0.2) is 56.5 Å². The number of hydrogen-bond donors (Lipinski definition) is 2. The minimum Gasteiger partial charge on any atom is -0.412 e. The van der Waals surface area contributed by atoms with Crippen molar-refractivity contribution in [2.45, 2.75) is 35.4 Å². The van der Waals surface area contributed by atoms with Gasteiger partial charge in [0.05, 0.1) is 19.3 Å². The maximum atomic E-state index is 11.8. The van der Waals surface area contributed by atoms with Crippen molar-refractivity contribution in [3.05, 3.63) is 48.8 Å². The molecule has 2 rings (SSSR count). The van der Waals surface area contributed by atoms with Crippen LogP contribution < -0.4 is 0 Å². The van der Waals surface area contributed by atoms with E-state index in [1.54, 1.807) is 24.5 Å². The first kappa shape index (κ1) is 27.2. The predicted octanol–water partition coefficient (Wildman–Crippen LogP) is 3.78. The number of aliphatic hydroxyl groups is 1. The lowest BCUT2D eigenvalue weighted by Crippen LogP contribution is -2.29. The van der Waals surface area contributed by atoms with Crippen LogP contribution in [0.15, 0.2) is 58.8 Å². The molecule has 0 saturated carbocycles. The zero-order chi connectivity index (χ0) is 23.9. The summed E-state index contributed by atoms with van der Waals surface area (Å²) in [6.45, 7) is 0. The van der Waals surface area contributed by atoms with E-state index in [2.05, 4.69) is 14.7 Å². The lowest BCUT2D eigenvalue weighted by atomic mass is 10.2. The van der Waals surface area contributed by atoms with Crippen LogP contribution >= 0.6 is 43.2 Å². The topological polar surface area (TPSA) is 140 Å². The standard InChI is InChI=1S/C20H21N3O6S4/c21-15(28-18(25)7-11-30-32-16-5-1-3-9-22-16)13-14(24)20(27)29-19(26)8-12-31-33-17-6-2-4-10-23-17/h1-6,9-10,14,21,24H,7-8,11-13H2. The van der Waals surface area contributed by atoms with Gasteiger partial charge < -0.3 is 14.6 Å². The van der Waals surface area contributed by atoms with E-state index in [0.717, 1.165) is 10.1 Å². The molecular weight excluding hydrogens is 507 g/mol. The summed E-state index contributed by atoms with van der Waals surface area (Å²) in [7, 11) is 5.59. The number of aliphatic hydroxyl groups excluding tert-OH is 1. The van der Waals surface area contributed by atoms with E-state index in [1.807, 2.05) is 24.3 Å². The molecule has 0 saturated heterocycles. The van der Waals surface area contributed by atoms with Crippen molar-refractivity contribution in [3.63, 3.8) is 0 Å². The third-order valence-electron chi connectivity index (χ3n) is 3.45. The molecule has 2 heterocycles. The smallest absolute Gasteiger partial charge is 0.343 e. The minimum atomic E-state index is -1.78. The summed E-state index contributed by atoms with van der Waals surface area (Å²) in [5, 5.41) is 19.1. The highest BCUT2D eigenvalue weighted by Gasteiger charge is 2.23. The van der Waals surface area contributed by atoms with E-state index in [0.29, 0.717) is 11.5 Å². The Labute approximate surface area is 206 Å². The molecule has 0 aliphatic rings. The molecule has 0 spiro atoms. The van der Waals surface area contributed by atoms with Gasteiger partial charge in [0.1, 0.15) is 10.1 Å². The van der Waals surface area contributed by atoms with Gasteiger partial charge in [-0.3, -0.25) is 15.0 Å². The fraction of sp³-hybridized carbons (Fsp3) is 0.300. The Hall–Kier alpha value is -2.06. The fourth-order valence-electron chi connectivity index (χ4n) is 1.97. The van der Waals surface area contributed by atoms with Gasteiger partial charge in [0, 0.05) is 23.9 Å². The van der Waals surface area contributed by atoms with Crippen molar-refractivity contribution in [2.75, 3.05) is 11.5 Å². The first-order chi connectivity index (χ1) is 15.9. The van der Waals surface area contributed by atoms with Gasteiger partial charge in [-0.25, -0.2) is 14.8 Å². The summed E-state index contributed by atoms with van der Waals surface area (Å²) < 4.78 is 9.37. The molecule has 33 heavy (non-hydrogen) atoms. The zero-order valence-corrected chi connectivity index (χ0v) is 20.5. The highest BCUT2D eigenvalue weighted by Crippen LogP contribution is 2.30. The van der Waals surface area contributed by atoms with Crippen LogP contribution in [0.3, 0.4) is 0 Å². The van der Waals surface area contributed by atoms with E-state index in [1.165, 1.54) is 43.2 Å². The number of hydrogen-bond acceptors (Lipinski definition) is 13. The first-order valence-electron chi connectivity index (χ1n) is 9.55. The zero-order valence-electron chi connectivity index (χ0n) is 17.2. The van der Waals surface area contributed by atoms with Gasteiger partial charge in [0.25, 0.3) is 0 Å². The largest absolute Gasteiger partial charge is 0.412 e. The number of aromatic nitrogens is 2. The lowest BCUT2D eigenvalue weighted by molar-refractivity contribution is -0.165. The van der Waals surface area contributed by atoms with Gasteiger partial charge in [0.2, 0.25) is 0 Å². The van der Waals surface area contributed by atoms with Crippen LogP contribution in [0.2, 0.25) is 0 Å². The summed E-state index contributed by atoms with van der Waals surface area (Å²) in [4.78, 5) is 43.6. The Bertz CT molecular complexity index is 921. The second-order valence-electron chi connectivity index (χ2n) is 6.06. The van der Waals surface area contributed by atoms with Gasteiger partial charge in [0.15, 0.2) is 12.0 Å². The predicted molar refractivity (Wildman–Crippen MR) is 130 cm³/mol. The first-order valence-corrected chi connectivity index (χ1v) is 14.2. The third kappa shape index (κ3) is 12.1. The number of carbonyl (C=O) groups excluding carboxylic acids is 3. The molecule has 0 bridgehead atoms. The third-order valence-corrected chi connectivity index (χ3v) is 7.98. The van der Waals surface area contributed by atoms with E-state index in [-0.39, 0.29) is 12.8 Å². The summed E-state index contributed by atoms with van der Waals surface area (Å²) in [5.41, 5.74) is 0. The number of esters is 3. The van der Waals surface area contributed by atoms with Crippen LogP contribution in [0, 0.1) is 5.41 Å². The molecule has 176 valence electrons. The molecule has 1 atom stereocenters. The number of ether oxygens (including phenoxy) is 2. The summed E-state index contributed by atoms with van der Waals surface area (Å²) in [6, 6.07) is 11.0. The van der Waals surface area contributed by atoms with Crippen molar-refractivity contribution in [1.82, 2.24) is 9.97 Å². The second kappa shape index (κ2) is 15.7. The highest BCUT2D eigenvalue weighted by molar-refractivity contribution is 8.77. The van der Waals surface area contributed by atoms with Crippen LogP contribution in [0.4, 0.5) is 0 Å². The monoisotopic (exact) mass is 527 g/mol. The average Bonchev–Trinajstić information content (AvgIpc) is 2.81. The Morgan fingerprint density at radius 2 is 1.39 bits per heavy atom. The normalized spacial score (nSPS) is 11.4. The van der Waals surface area contributed by atoms with Gasteiger partial charge in [-0.05, 0) is 45.9 Å². The minimum absolute atomic E-state index is 0.0381. The SMILES string of the molecule is N=C(CC(O)C(=O)OC(=O)CCSSc1ccccn1)OC(=O)CCSSc1ccccn1. The molecule has 0 radical (unpaired) electrons. The Morgan fingerprint density at radius 3 is 1.88 bits per heavy atom. The summed E-state index contributed by atoms with van der Waals surface area (Å²) in [6.07, 6.45) is 0.985. The van der Waals surface area contributed by atoms with Gasteiger partial charge in [-0.2, -0.15) is 0 Å². The number of rotatable bonds is 13. The second-order valence-corrected chi connectivity index (χ2v) is 10.9. The van der Waals surface area contributed by atoms with Crippen molar-refractivity contribution in [1.29, 1.82) is 5.41 Å². The van der Waals surface area contributed by atoms with Gasteiger partial charge >= 0.3 is 17.9 Å². The van der Waals surface area contributed by atoms with E-state index >= 15 is 0 Å². The molecule has 0 fully saturated rings. The van der Waals surface area contributed by atoms with Gasteiger partial charge in [-0.15, -0.1) is 0 Å². The van der Waals surface area contributed by atoms with Crippen LogP contribution in [-0.2, 0) is 23.9 Å². The number of nitrogens with zero attached hydrogens (tertiary/aromatic N) is 2. The highest BCUT2D eigenvalue weighted by atomic mass is 33.1. The Balaban J connectivity index is 1.55. The molecule has 13 heteroatoms. The van der Waals surface area contributed by atoms with E-state index in [4.69, 9.17) is 10.1 Å². The fourth-order valence-corrected chi connectivity index (χ4v) is 5.67. The van der Waals surface area contributed by atoms with Crippen molar-refractivity contribution < 1.29 is 29.0 Å². The summed E-state index contributed by atoms with van der Waals surface area (Å²) >= 11 is 0. The van der Waals surface area contributed by atoms with Crippen LogP contribution in [0.1, 0.15) is 19.3 Å². The maximum Gasteiger partial charge on any atom is 0.343 e. The van der Waals surface area contributed by atoms with Crippen LogP contribution in [0.5, 0.6) is 0 Å². The van der Waals surface area contributed by atoms with Gasteiger partial charge in [-0.1, -0.05) is 33.7 Å². The number of carbonyl (C=O) groups is 3. The molecular formula is C20H21N3O6S4. The molecule has 0 amide bonds. The van der Waals surface area contributed by atoms with E-state index < -0.39 is 36.3 Å². The van der Waals surface area contributed by atoms with Crippen molar-refractivity contribution in [3.8, 4) is 0 Å². The van der Waals surface area contributed by atoms with Crippen molar-refractivity contribution in [2.24, 2.45) is 0 Å². The Morgan fingerprint density at radius 1 is 0.879 bits per heavy atom. The lowest BCUT2D eigenvalue weighted by Gasteiger charge is -2.10. The molecule has 0 aliphatic carbocycles. The van der Waals surface area contributed by atoms with Crippen molar-refractivity contribution >= 4 is 67.0 Å². The molecule has 9 nitrogen and oxygen atoms in total. The molecule has 0 aromatic carbocycles.